The van der Waals surface area contributed by atoms with Crippen molar-refractivity contribution in [2.75, 3.05) is 14.2 Å². The molecule has 30 heavy (non-hydrogen) atoms. The molecule has 0 bridgehead atoms. The number of hydrogen-bond donors (Lipinski definition) is 1. The van der Waals surface area contributed by atoms with Crippen molar-refractivity contribution in [3.8, 4) is 17.2 Å². The van der Waals surface area contributed by atoms with Crippen LogP contribution in [0, 0.1) is 0 Å². The van der Waals surface area contributed by atoms with Crippen molar-refractivity contribution >= 4 is 28.1 Å². The lowest BCUT2D eigenvalue weighted by atomic mass is 10.2. The third-order valence-corrected chi connectivity index (χ3v) is 4.75. The van der Waals surface area contributed by atoms with Crippen molar-refractivity contribution in [2.45, 2.75) is 6.61 Å². The average molecular weight is 469 g/mol. The van der Waals surface area contributed by atoms with Crippen LogP contribution in [0.5, 0.6) is 17.2 Å². The van der Waals surface area contributed by atoms with Gasteiger partial charge in [-0.1, -0.05) is 28.1 Å². The summed E-state index contributed by atoms with van der Waals surface area (Å²) in [7, 11) is 3.06. The number of carbonyl (C=O) groups is 1. The molecule has 0 saturated heterocycles. The Hall–Kier alpha value is -3.32. The summed E-state index contributed by atoms with van der Waals surface area (Å²) in [6, 6.07) is 20.3. The summed E-state index contributed by atoms with van der Waals surface area (Å²) < 4.78 is 17.2. The molecule has 3 rings (SSSR count). The lowest BCUT2D eigenvalue weighted by molar-refractivity contribution is 0.0954. The second-order valence-electron chi connectivity index (χ2n) is 6.25. The van der Waals surface area contributed by atoms with Crippen molar-refractivity contribution in [3.05, 3.63) is 87.9 Å². The molecule has 0 saturated carbocycles. The van der Waals surface area contributed by atoms with E-state index in [1.165, 1.54) is 7.11 Å². The maximum Gasteiger partial charge on any atom is 0.271 e. The van der Waals surface area contributed by atoms with Gasteiger partial charge in [0.2, 0.25) is 0 Å². The SMILES string of the molecule is COc1ccc(C(=O)N/N=C/c2ccc(OCc3ccc(Br)cc3)cc2)cc1OC. The van der Waals surface area contributed by atoms with Crippen LogP contribution in [0.2, 0.25) is 0 Å². The Morgan fingerprint density at radius 3 is 2.33 bits per heavy atom. The Balaban J connectivity index is 1.53. The highest BCUT2D eigenvalue weighted by molar-refractivity contribution is 9.10. The number of nitrogens with zero attached hydrogens (tertiary/aromatic N) is 1. The number of amides is 1. The first-order chi connectivity index (χ1) is 14.6. The van der Waals surface area contributed by atoms with Crippen LogP contribution in [0.4, 0.5) is 0 Å². The van der Waals surface area contributed by atoms with Crippen LogP contribution < -0.4 is 19.6 Å². The largest absolute Gasteiger partial charge is 0.493 e. The molecule has 0 aliphatic rings. The summed E-state index contributed by atoms with van der Waals surface area (Å²) in [5.41, 5.74) is 4.84. The molecular formula is C23H21BrN2O4. The third-order valence-electron chi connectivity index (χ3n) is 4.22. The topological polar surface area (TPSA) is 69.2 Å². The van der Waals surface area contributed by atoms with Gasteiger partial charge in [-0.05, 0) is 65.7 Å². The van der Waals surface area contributed by atoms with Crippen LogP contribution in [0.15, 0.2) is 76.3 Å². The average Bonchev–Trinajstić information content (AvgIpc) is 2.79. The van der Waals surface area contributed by atoms with E-state index in [4.69, 9.17) is 14.2 Å². The molecule has 154 valence electrons. The zero-order valence-corrected chi connectivity index (χ0v) is 18.2. The van der Waals surface area contributed by atoms with Gasteiger partial charge in [0.15, 0.2) is 11.5 Å². The first kappa shape index (κ1) is 21.4. The van der Waals surface area contributed by atoms with Gasteiger partial charge < -0.3 is 14.2 Å². The summed E-state index contributed by atoms with van der Waals surface area (Å²) in [4.78, 5) is 12.3. The van der Waals surface area contributed by atoms with Crippen LogP contribution in [0.25, 0.3) is 0 Å². The number of hydrogen-bond acceptors (Lipinski definition) is 5. The minimum absolute atomic E-state index is 0.346. The third kappa shape index (κ3) is 5.84. The highest BCUT2D eigenvalue weighted by atomic mass is 79.9. The number of carbonyl (C=O) groups excluding carboxylic acids is 1. The lowest BCUT2D eigenvalue weighted by Crippen LogP contribution is -2.17. The van der Waals surface area contributed by atoms with Crippen molar-refractivity contribution in [3.63, 3.8) is 0 Å². The first-order valence-electron chi connectivity index (χ1n) is 9.12. The van der Waals surface area contributed by atoms with Gasteiger partial charge in [-0.3, -0.25) is 4.79 Å². The molecule has 3 aromatic carbocycles. The van der Waals surface area contributed by atoms with Crippen molar-refractivity contribution in [1.29, 1.82) is 0 Å². The Kier molecular flexibility index (Phi) is 7.45. The lowest BCUT2D eigenvalue weighted by Gasteiger charge is -2.08. The van der Waals surface area contributed by atoms with Gasteiger partial charge in [0.05, 0.1) is 20.4 Å². The Bertz CT molecular complexity index is 1020. The molecule has 0 radical (unpaired) electrons. The number of rotatable bonds is 8. The normalized spacial score (nSPS) is 10.6. The molecule has 3 aromatic rings. The summed E-state index contributed by atoms with van der Waals surface area (Å²) in [6.07, 6.45) is 1.57. The Labute approximate surface area is 183 Å². The molecule has 0 aliphatic heterocycles. The van der Waals surface area contributed by atoms with Crippen LogP contribution in [0.3, 0.4) is 0 Å². The van der Waals surface area contributed by atoms with E-state index >= 15 is 0 Å². The summed E-state index contributed by atoms with van der Waals surface area (Å²) >= 11 is 3.41. The predicted molar refractivity (Wildman–Crippen MR) is 120 cm³/mol. The van der Waals surface area contributed by atoms with E-state index in [9.17, 15) is 4.79 Å². The Morgan fingerprint density at radius 2 is 1.67 bits per heavy atom. The summed E-state index contributed by atoms with van der Waals surface area (Å²) in [5, 5.41) is 4.01. The Morgan fingerprint density at radius 1 is 0.967 bits per heavy atom. The highest BCUT2D eigenvalue weighted by Crippen LogP contribution is 2.27. The monoisotopic (exact) mass is 468 g/mol. The second-order valence-corrected chi connectivity index (χ2v) is 7.17. The van der Waals surface area contributed by atoms with Crippen molar-refractivity contribution in [1.82, 2.24) is 5.43 Å². The molecule has 0 unspecified atom stereocenters. The molecule has 0 spiro atoms. The zero-order chi connectivity index (χ0) is 21.3. The van der Waals surface area contributed by atoms with Crippen LogP contribution in [-0.4, -0.2) is 26.3 Å². The molecule has 0 aliphatic carbocycles. The maximum absolute atomic E-state index is 12.3. The molecule has 7 heteroatoms. The van der Waals surface area contributed by atoms with E-state index in [1.54, 1.807) is 31.5 Å². The molecule has 0 atom stereocenters. The van der Waals surface area contributed by atoms with Crippen LogP contribution >= 0.6 is 15.9 Å². The second kappa shape index (κ2) is 10.5. The van der Waals surface area contributed by atoms with Crippen LogP contribution in [-0.2, 0) is 6.61 Å². The molecular weight excluding hydrogens is 448 g/mol. The van der Waals surface area contributed by atoms with Gasteiger partial charge in [0.25, 0.3) is 5.91 Å². The quantitative estimate of drug-likeness (QED) is 0.380. The van der Waals surface area contributed by atoms with E-state index in [2.05, 4.69) is 26.5 Å². The van der Waals surface area contributed by atoms with E-state index in [0.717, 1.165) is 21.3 Å². The van der Waals surface area contributed by atoms with E-state index in [0.29, 0.717) is 23.7 Å². The van der Waals surface area contributed by atoms with Gasteiger partial charge in [-0.25, -0.2) is 5.43 Å². The van der Waals surface area contributed by atoms with Crippen molar-refractivity contribution < 1.29 is 19.0 Å². The molecule has 1 N–H and O–H groups in total. The minimum atomic E-state index is -0.346. The fraction of sp³-hybridized carbons (Fsp3) is 0.130. The minimum Gasteiger partial charge on any atom is -0.493 e. The number of benzene rings is 3. The number of ether oxygens (including phenoxy) is 3. The zero-order valence-electron chi connectivity index (χ0n) is 16.6. The highest BCUT2D eigenvalue weighted by Gasteiger charge is 2.09. The smallest absolute Gasteiger partial charge is 0.271 e. The van der Waals surface area contributed by atoms with Gasteiger partial charge in [0.1, 0.15) is 12.4 Å². The standard InChI is InChI=1S/C23H21BrN2O4/c1-28-21-12-7-18(13-22(21)29-2)23(27)26-25-14-16-5-10-20(11-6-16)30-15-17-3-8-19(24)9-4-17/h3-14H,15H2,1-2H3,(H,26,27)/b25-14+. The number of methoxy groups -OCH3 is 2. The summed E-state index contributed by atoms with van der Waals surface area (Å²) in [6.45, 7) is 0.488. The van der Waals surface area contributed by atoms with E-state index in [-0.39, 0.29) is 5.91 Å². The maximum atomic E-state index is 12.3. The molecule has 0 fully saturated rings. The molecule has 1 amide bonds. The van der Waals surface area contributed by atoms with E-state index in [1.807, 2.05) is 48.5 Å². The summed E-state index contributed by atoms with van der Waals surface area (Å²) in [5.74, 6) is 1.44. The number of nitrogens with one attached hydrogen (secondary N) is 1. The van der Waals surface area contributed by atoms with Gasteiger partial charge in [0, 0.05) is 10.0 Å². The predicted octanol–water partition coefficient (Wildman–Crippen LogP) is 4.81. The molecule has 0 heterocycles. The van der Waals surface area contributed by atoms with Gasteiger partial charge in [-0.15, -0.1) is 0 Å². The molecule has 0 aromatic heterocycles. The van der Waals surface area contributed by atoms with Crippen molar-refractivity contribution in [2.24, 2.45) is 5.10 Å². The van der Waals surface area contributed by atoms with Gasteiger partial charge in [-0.2, -0.15) is 5.10 Å². The number of halogens is 1. The van der Waals surface area contributed by atoms with E-state index < -0.39 is 0 Å². The van der Waals surface area contributed by atoms with Gasteiger partial charge >= 0.3 is 0 Å². The number of hydrazone groups is 1. The first-order valence-corrected chi connectivity index (χ1v) is 9.91. The van der Waals surface area contributed by atoms with Crippen LogP contribution in [0.1, 0.15) is 21.5 Å². The fourth-order valence-electron chi connectivity index (χ4n) is 2.60. The fourth-order valence-corrected chi connectivity index (χ4v) is 2.87. The molecule has 6 nitrogen and oxygen atoms in total.